The van der Waals surface area contributed by atoms with Crippen molar-refractivity contribution in [3.63, 3.8) is 0 Å². The van der Waals surface area contributed by atoms with E-state index in [4.69, 9.17) is 5.73 Å². The van der Waals surface area contributed by atoms with E-state index in [1.54, 1.807) is 6.07 Å². The number of hydrogen-bond acceptors (Lipinski definition) is 2. The maximum atomic E-state index is 11.0. The lowest BCUT2D eigenvalue weighted by Crippen LogP contribution is -2.29. The van der Waals surface area contributed by atoms with Crippen LogP contribution >= 0.6 is 12.4 Å². The molecule has 0 bridgehead atoms. The number of primary amides is 1. The molecule has 1 aromatic rings. The average molecular weight is 241 g/mol. The van der Waals surface area contributed by atoms with Crippen molar-refractivity contribution in [3.8, 4) is 0 Å². The van der Waals surface area contributed by atoms with E-state index in [-0.39, 0.29) is 18.3 Å². The Morgan fingerprint density at radius 2 is 1.88 bits per heavy atom. The topological polar surface area (TPSA) is 46.3 Å². The molecule has 4 heteroatoms. The maximum absolute atomic E-state index is 11.0. The molecule has 0 radical (unpaired) electrons. The van der Waals surface area contributed by atoms with Gasteiger partial charge in [-0.25, -0.2) is 0 Å². The minimum absolute atomic E-state index is 0. The van der Waals surface area contributed by atoms with Crippen molar-refractivity contribution >= 4 is 24.0 Å². The summed E-state index contributed by atoms with van der Waals surface area (Å²) >= 11 is 0. The highest BCUT2D eigenvalue weighted by Crippen LogP contribution is 2.20. The van der Waals surface area contributed by atoms with Crippen LogP contribution in [0.2, 0.25) is 0 Å². The molecule has 0 aliphatic carbocycles. The van der Waals surface area contributed by atoms with E-state index in [0.29, 0.717) is 5.56 Å². The van der Waals surface area contributed by atoms with Crippen LogP contribution in [0.4, 0.5) is 5.69 Å². The molecule has 0 spiro atoms. The van der Waals surface area contributed by atoms with Gasteiger partial charge in [0.2, 0.25) is 5.91 Å². The highest BCUT2D eigenvalue weighted by molar-refractivity contribution is 5.93. The number of anilines is 1. The predicted molar refractivity (Wildman–Crippen MR) is 68.3 cm³/mol. The third-order valence-corrected chi connectivity index (χ3v) is 2.85. The number of carbonyl (C=O) groups excluding carboxylic acids is 1. The number of halogens is 1. The molecule has 1 aromatic carbocycles. The molecule has 2 rings (SSSR count). The second-order valence-corrected chi connectivity index (χ2v) is 3.96. The summed E-state index contributed by atoms with van der Waals surface area (Å²) < 4.78 is 0. The van der Waals surface area contributed by atoms with E-state index in [2.05, 4.69) is 4.90 Å². The SMILES string of the molecule is Cl.NC(=O)c1cccc(N2CCCCC2)c1. The van der Waals surface area contributed by atoms with Crippen LogP contribution in [0.5, 0.6) is 0 Å². The summed E-state index contributed by atoms with van der Waals surface area (Å²) in [5, 5.41) is 0. The first-order valence-corrected chi connectivity index (χ1v) is 5.42. The van der Waals surface area contributed by atoms with E-state index in [0.717, 1.165) is 18.8 Å². The Bertz CT molecular complexity index is 362. The third-order valence-electron chi connectivity index (χ3n) is 2.85. The number of rotatable bonds is 2. The van der Waals surface area contributed by atoms with Gasteiger partial charge in [-0.15, -0.1) is 12.4 Å². The molecule has 16 heavy (non-hydrogen) atoms. The monoisotopic (exact) mass is 240 g/mol. The fourth-order valence-corrected chi connectivity index (χ4v) is 2.01. The minimum atomic E-state index is -0.353. The first-order valence-electron chi connectivity index (χ1n) is 5.42. The molecular formula is C12H17ClN2O. The molecule has 0 unspecified atom stereocenters. The van der Waals surface area contributed by atoms with E-state index >= 15 is 0 Å². The number of piperidine rings is 1. The molecule has 0 atom stereocenters. The van der Waals surface area contributed by atoms with Gasteiger partial charge in [0.05, 0.1) is 0 Å². The van der Waals surface area contributed by atoms with Crippen molar-refractivity contribution in [1.29, 1.82) is 0 Å². The zero-order chi connectivity index (χ0) is 10.7. The Morgan fingerprint density at radius 1 is 1.19 bits per heavy atom. The van der Waals surface area contributed by atoms with Gasteiger partial charge in [-0.3, -0.25) is 4.79 Å². The largest absolute Gasteiger partial charge is 0.372 e. The lowest BCUT2D eigenvalue weighted by Gasteiger charge is -2.28. The number of amides is 1. The third kappa shape index (κ3) is 2.89. The molecule has 0 aromatic heterocycles. The van der Waals surface area contributed by atoms with Gasteiger partial charge in [0.15, 0.2) is 0 Å². The summed E-state index contributed by atoms with van der Waals surface area (Å²) in [6.07, 6.45) is 3.79. The normalized spacial score (nSPS) is 15.4. The molecule has 1 amide bonds. The second kappa shape index (κ2) is 5.75. The second-order valence-electron chi connectivity index (χ2n) is 3.96. The molecule has 3 nitrogen and oxygen atoms in total. The zero-order valence-electron chi connectivity index (χ0n) is 9.19. The Balaban J connectivity index is 0.00000128. The quantitative estimate of drug-likeness (QED) is 0.862. The highest BCUT2D eigenvalue weighted by Gasteiger charge is 2.11. The van der Waals surface area contributed by atoms with E-state index in [9.17, 15) is 4.79 Å². The Kier molecular flexibility index (Phi) is 4.62. The fourth-order valence-electron chi connectivity index (χ4n) is 2.01. The predicted octanol–water partition coefficient (Wildman–Crippen LogP) is 2.20. The molecule has 1 aliphatic heterocycles. The summed E-state index contributed by atoms with van der Waals surface area (Å²) in [6.45, 7) is 2.17. The number of hydrogen-bond donors (Lipinski definition) is 1. The number of nitrogens with zero attached hydrogens (tertiary/aromatic N) is 1. The van der Waals surface area contributed by atoms with Crippen LogP contribution in [0.1, 0.15) is 29.6 Å². The van der Waals surface area contributed by atoms with Gasteiger partial charge in [0.25, 0.3) is 0 Å². The Hall–Kier alpha value is -1.22. The van der Waals surface area contributed by atoms with Gasteiger partial charge in [-0.1, -0.05) is 6.07 Å². The molecule has 1 aliphatic rings. The van der Waals surface area contributed by atoms with E-state index < -0.39 is 0 Å². The number of carbonyl (C=O) groups is 1. The van der Waals surface area contributed by atoms with Gasteiger partial charge in [-0.2, -0.15) is 0 Å². The number of benzene rings is 1. The van der Waals surface area contributed by atoms with Crippen molar-refractivity contribution in [2.45, 2.75) is 19.3 Å². The van der Waals surface area contributed by atoms with Gasteiger partial charge in [-0.05, 0) is 37.5 Å². The summed E-state index contributed by atoms with van der Waals surface area (Å²) in [5.41, 5.74) is 6.97. The lowest BCUT2D eigenvalue weighted by atomic mass is 10.1. The highest BCUT2D eigenvalue weighted by atomic mass is 35.5. The Morgan fingerprint density at radius 3 is 2.50 bits per heavy atom. The van der Waals surface area contributed by atoms with Crippen LogP contribution in [0, 0.1) is 0 Å². The van der Waals surface area contributed by atoms with E-state index in [1.165, 1.54) is 19.3 Å². The summed E-state index contributed by atoms with van der Waals surface area (Å²) in [7, 11) is 0. The molecular weight excluding hydrogens is 224 g/mol. The molecule has 2 N–H and O–H groups in total. The summed E-state index contributed by atoms with van der Waals surface area (Å²) in [5.74, 6) is -0.353. The molecule has 1 heterocycles. The van der Waals surface area contributed by atoms with Crippen LogP contribution in [0.15, 0.2) is 24.3 Å². The van der Waals surface area contributed by atoms with Crippen molar-refractivity contribution < 1.29 is 4.79 Å². The number of nitrogens with two attached hydrogens (primary N) is 1. The van der Waals surface area contributed by atoms with Crippen LogP contribution in [0.3, 0.4) is 0 Å². The maximum Gasteiger partial charge on any atom is 0.248 e. The van der Waals surface area contributed by atoms with Gasteiger partial charge >= 0.3 is 0 Å². The fraction of sp³-hybridized carbons (Fsp3) is 0.417. The first kappa shape index (κ1) is 12.8. The molecule has 0 saturated carbocycles. The van der Waals surface area contributed by atoms with Crippen LogP contribution < -0.4 is 10.6 Å². The van der Waals surface area contributed by atoms with E-state index in [1.807, 2.05) is 18.2 Å². The minimum Gasteiger partial charge on any atom is -0.372 e. The summed E-state index contributed by atoms with van der Waals surface area (Å²) in [6, 6.07) is 7.57. The van der Waals surface area contributed by atoms with Crippen molar-refractivity contribution in [3.05, 3.63) is 29.8 Å². The van der Waals surface area contributed by atoms with Crippen LogP contribution in [-0.2, 0) is 0 Å². The molecule has 1 saturated heterocycles. The van der Waals surface area contributed by atoms with Crippen LogP contribution in [-0.4, -0.2) is 19.0 Å². The lowest BCUT2D eigenvalue weighted by molar-refractivity contribution is 0.100. The van der Waals surface area contributed by atoms with Gasteiger partial charge in [0, 0.05) is 24.3 Å². The Labute approximate surface area is 102 Å². The zero-order valence-corrected chi connectivity index (χ0v) is 10.0. The standard InChI is InChI=1S/C12H16N2O.ClH/c13-12(15)10-5-4-6-11(9-10)14-7-2-1-3-8-14;/h4-6,9H,1-3,7-8H2,(H2,13,15);1H. The van der Waals surface area contributed by atoms with Crippen molar-refractivity contribution in [2.24, 2.45) is 5.73 Å². The van der Waals surface area contributed by atoms with Crippen LogP contribution in [0.25, 0.3) is 0 Å². The smallest absolute Gasteiger partial charge is 0.248 e. The van der Waals surface area contributed by atoms with Gasteiger partial charge in [0.1, 0.15) is 0 Å². The van der Waals surface area contributed by atoms with Crippen molar-refractivity contribution in [2.75, 3.05) is 18.0 Å². The molecule has 1 fully saturated rings. The average Bonchev–Trinajstić information content (AvgIpc) is 2.30. The molecule has 88 valence electrons. The summed E-state index contributed by atoms with van der Waals surface area (Å²) in [4.78, 5) is 13.4. The van der Waals surface area contributed by atoms with Crippen molar-refractivity contribution in [1.82, 2.24) is 0 Å². The first-order chi connectivity index (χ1) is 7.27. The van der Waals surface area contributed by atoms with Gasteiger partial charge < -0.3 is 10.6 Å².